The van der Waals surface area contributed by atoms with Crippen LogP contribution in [0.15, 0.2) is 24.3 Å². The molecular formula is C20H29N3O5S. The van der Waals surface area contributed by atoms with Gasteiger partial charge >= 0.3 is 0 Å². The van der Waals surface area contributed by atoms with Crippen LogP contribution in [0.25, 0.3) is 0 Å². The lowest BCUT2D eigenvalue weighted by Crippen LogP contribution is -2.70. The second kappa shape index (κ2) is 8.31. The first kappa shape index (κ1) is 21.6. The molecule has 2 aliphatic rings. The van der Waals surface area contributed by atoms with Gasteiger partial charge in [0.2, 0.25) is 21.8 Å². The second-order valence-corrected chi connectivity index (χ2v) is 10.0. The highest BCUT2D eigenvalue weighted by Gasteiger charge is 2.50. The van der Waals surface area contributed by atoms with Gasteiger partial charge in [0.1, 0.15) is 11.3 Å². The Morgan fingerprint density at radius 3 is 2.55 bits per heavy atom. The first-order valence-corrected chi connectivity index (χ1v) is 11.7. The first-order chi connectivity index (χ1) is 13.6. The molecule has 9 heteroatoms. The van der Waals surface area contributed by atoms with Gasteiger partial charge in [-0.05, 0) is 31.9 Å². The number of hydrogen-bond acceptors (Lipinski definition) is 5. The van der Waals surface area contributed by atoms with E-state index in [-0.39, 0.29) is 25.0 Å². The normalized spacial score (nSPS) is 24.4. The van der Waals surface area contributed by atoms with Gasteiger partial charge in [-0.3, -0.25) is 14.5 Å². The minimum absolute atomic E-state index is 0.0453. The van der Waals surface area contributed by atoms with Gasteiger partial charge in [-0.2, -0.15) is 4.31 Å². The average molecular weight is 424 g/mol. The Labute approximate surface area is 172 Å². The van der Waals surface area contributed by atoms with Crippen molar-refractivity contribution in [2.45, 2.75) is 50.6 Å². The van der Waals surface area contributed by atoms with Crippen molar-refractivity contribution in [3.05, 3.63) is 24.3 Å². The lowest BCUT2D eigenvalue weighted by atomic mass is 9.91. The Balaban J connectivity index is 1.98. The molecule has 0 radical (unpaired) electrons. The Morgan fingerprint density at radius 1 is 1.24 bits per heavy atom. The van der Waals surface area contributed by atoms with E-state index in [1.54, 1.807) is 31.2 Å². The molecular weight excluding hydrogens is 394 g/mol. The number of hydrogen-bond donors (Lipinski definition) is 1. The predicted octanol–water partition coefficient (Wildman–Crippen LogP) is 1.51. The molecule has 160 valence electrons. The third-order valence-corrected chi connectivity index (χ3v) is 6.95. The minimum Gasteiger partial charge on any atom is -0.497 e. The van der Waals surface area contributed by atoms with E-state index < -0.39 is 21.5 Å². The highest BCUT2D eigenvalue weighted by atomic mass is 32.2. The summed E-state index contributed by atoms with van der Waals surface area (Å²) >= 11 is 0. The van der Waals surface area contributed by atoms with Gasteiger partial charge in [-0.15, -0.1) is 0 Å². The Kier molecular flexibility index (Phi) is 6.19. The molecule has 1 aliphatic carbocycles. The number of rotatable bonds is 5. The van der Waals surface area contributed by atoms with Gasteiger partial charge in [0.05, 0.1) is 19.9 Å². The van der Waals surface area contributed by atoms with Crippen molar-refractivity contribution in [1.82, 2.24) is 9.62 Å². The van der Waals surface area contributed by atoms with E-state index in [4.69, 9.17) is 4.74 Å². The quantitative estimate of drug-likeness (QED) is 0.775. The summed E-state index contributed by atoms with van der Waals surface area (Å²) in [6.45, 7) is 1.22. The number of amides is 2. The van der Waals surface area contributed by atoms with Crippen molar-refractivity contribution in [2.75, 3.05) is 31.4 Å². The van der Waals surface area contributed by atoms with Crippen LogP contribution in [0, 0.1) is 0 Å². The molecule has 2 amide bonds. The van der Waals surface area contributed by atoms with Crippen molar-refractivity contribution >= 4 is 27.5 Å². The zero-order valence-corrected chi connectivity index (χ0v) is 18.0. The molecule has 1 aromatic carbocycles. The standard InChI is InChI=1S/C20H29N3O5S/c1-20(19(25)21-15-8-5-4-6-9-15)14-22(29(3,26)27)13-18(24)23(20)16-10-7-11-17(12-16)28-2/h7,10-12,15H,4-6,8-9,13-14H2,1-3H3,(H,21,25)/t20-/m0/s1. The molecule has 1 saturated carbocycles. The zero-order chi connectivity index (χ0) is 21.2. The van der Waals surface area contributed by atoms with Crippen LogP contribution < -0.4 is 15.0 Å². The van der Waals surface area contributed by atoms with Gasteiger partial charge in [0.25, 0.3) is 0 Å². The van der Waals surface area contributed by atoms with Crippen LogP contribution in [0.3, 0.4) is 0 Å². The first-order valence-electron chi connectivity index (χ1n) is 9.88. The SMILES string of the molecule is COc1cccc(N2C(=O)CN(S(C)(=O)=O)C[C@@]2(C)C(=O)NC2CCCCC2)c1. The summed E-state index contributed by atoms with van der Waals surface area (Å²) in [5, 5.41) is 3.06. The van der Waals surface area contributed by atoms with Crippen molar-refractivity contribution < 1.29 is 22.7 Å². The molecule has 1 atom stereocenters. The van der Waals surface area contributed by atoms with Crippen molar-refractivity contribution in [1.29, 1.82) is 0 Å². The Bertz CT molecular complexity index is 882. The molecule has 8 nitrogen and oxygen atoms in total. The highest BCUT2D eigenvalue weighted by molar-refractivity contribution is 7.88. The van der Waals surface area contributed by atoms with Crippen LogP contribution in [0.5, 0.6) is 5.75 Å². The summed E-state index contributed by atoms with van der Waals surface area (Å²) < 4.78 is 30.7. The zero-order valence-electron chi connectivity index (χ0n) is 17.2. The summed E-state index contributed by atoms with van der Waals surface area (Å²) in [6, 6.07) is 6.94. The average Bonchev–Trinajstić information content (AvgIpc) is 2.67. The summed E-state index contributed by atoms with van der Waals surface area (Å²) in [5.41, 5.74) is -0.869. The topological polar surface area (TPSA) is 96.0 Å². The maximum absolute atomic E-state index is 13.4. The third kappa shape index (κ3) is 4.56. The molecule has 0 aromatic heterocycles. The van der Waals surface area contributed by atoms with Crippen LogP contribution in [0.4, 0.5) is 5.69 Å². The fraction of sp³-hybridized carbons (Fsp3) is 0.600. The van der Waals surface area contributed by atoms with Crippen LogP contribution in [-0.4, -0.2) is 62.6 Å². The largest absolute Gasteiger partial charge is 0.497 e. The maximum Gasteiger partial charge on any atom is 0.247 e. The van der Waals surface area contributed by atoms with E-state index in [9.17, 15) is 18.0 Å². The number of sulfonamides is 1. The summed E-state index contributed by atoms with van der Waals surface area (Å²) in [6.07, 6.45) is 6.10. The van der Waals surface area contributed by atoms with Crippen molar-refractivity contribution in [3.8, 4) is 5.75 Å². The Morgan fingerprint density at radius 2 is 1.93 bits per heavy atom. The van der Waals surface area contributed by atoms with Gasteiger partial charge < -0.3 is 10.1 Å². The van der Waals surface area contributed by atoms with E-state index in [1.807, 2.05) is 0 Å². The minimum atomic E-state index is -3.63. The van der Waals surface area contributed by atoms with Gasteiger partial charge in [0.15, 0.2) is 0 Å². The summed E-state index contributed by atoms with van der Waals surface area (Å²) in [7, 11) is -2.11. The predicted molar refractivity (Wildman–Crippen MR) is 110 cm³/mol. The van der Waals surface area contributed by atoms with E-state index in [0.29, 0.717) is 11.4 Å². The third-order valence-electron chi connectivity index (χ3n) is 5.75. The number of benzene rings is 1. The summed E-state index contributed by atoms with van der Waals surface area (Å²) in [4.78, 5) is 27.9. The molecule has 2 fully saturated rings. The van der Waals surface area contributed by atoms with Crippen LogP contribution >= 0.6 is 0 Å². The van der Waals surface area contributed by atoms with E-state index in [2.05, 4.69) is 5.32 Å². The molecule has 1 aromatic rings. The molecule has 3 rings (SSSR count). The number of methoxy groups -OCH3 is 1. The summed E-state index contributed by atoms with van der Waals surface area (Å²) in [5.74, 6) is -0.235. The second-order valence-electron chi connectivity index (χ2n) is 8.04. The molecule has 0 spiro atoms. The lowest BCUT2D eigenvalue weighted by molar-refractivity contribution is -0.133. The molecule has 1 aliphatic heterocycles. The number of piperazine rings is 1. The lowest BCUT2D eigenvalue weighted by Gasteiger charge is -2.47. The van der Waals surface area contributed by atoms with E-state index >= 15 is 0 Å². The Hall–Kier alpha value is -2.13. The van der Waals surface area contributed by atoms with Crippen molar-refractivity contribution in [3.63, 3.8) is 0 Å². The van der Waals surface area contributed by atoms with Crippen LogP contribution in [0.1, 0.15) is 39.0 Å². The highest BCUT2D eigenvalue weighted by Crippen LogP contribution is 2.33. The van der Waals surface area contributed by atoms with Crippen molar-refractivity contribution in [2.24, 2.45) is 0 Å². The van der Waals surface area contributed by atoms with E-state index in [1.165, 1.54) is 12.0 Å². The number of carbonyl (C=O) groups is 2. The fourth-order valence-electron chi connectivity index (χ4n) is 4.14. The fourth-order valence-corrected chi connectivity index (χ4v) is 4.97. The number of anilines is 1. The maximum atomic E-state index is 13.4. The number of ether oxygens (including phenoxy) is 1. The van der Waals surface area contributed by atoms with E-state index in [0.717, 1.165) is 42.7 Å². The van der Waals surface area contributed by atoms with Crippen LogP contribution in [0.2, 0.25) is 0 Å². The molecule has 0 unspecified atom stereocenters. The van der Waals surface area contributed by atoms with Gasteiger partial charge in [0, 0.05) is 24.3 Å². The van der Waals surface area contributed by atoms with Gasteiger partial charge in [-0.25, -0.2) is 8.42 Å². The molecule has 1 saturated heterocycles. The number of nitrogens with one attached hydrogen (secondary N) is 1. The van der Waals surface area contributed by atoms with Crippen LogP contribution in [-0.2, 0) is 19.6 Å². The number of nitrogens with zero attached hydrogens (tertiary/aromatic N) is 2. The monoisotopic (exact) mass is 423 g/mol. The number of carbonyl (C=O) groups excluding carboxylic acids is 2. The molecule has 1 N–H and O–H groups in total. The smallest absolute Gasteiger partial charge is 0.247 e. The van der Waals surface area contributed by atoms with Gasteiger partial charge in [-0.1, -0.05) is 25.3 Å². The molecule has 1 heterocycles. The molecule has 29 heavy (non-hydrogen) atoms. The molecule has 0 bridgehead atoms.